The van der Waals surface area contributed by atoms with Crippen LogP contribution in [0.2, 0.25) is 0 Å². The van der Waals surface area contributed by atoms with Crippen molar-refractivity contribution in [2.24, 2.45) is 5.92 Å². The van der Waals surface area contributed by atoms with Crippen LogP contribution in [-0.4, -0.2) is 30.4 Å². The fourth-order valence-electron chi connectivity index (χ4n) is 5.78. The summed E-state index contributed by atoms with van der Waals surface area (Å²) >= 11 is 6.13. The van der Waals surface area contributed by atoms with Gasteiger partial charge in [-0.3, -0.25) is 4.79 Å². The van der Waals surface area contributed by atoms with Crippen LogP contribution >= 0.6 is 11.6 Å². The van der Waals surface area contributed by atoms with Crippen molar-refractivity contribution >= 4 is 23.2 Å². The maximum atomic E-state index is 12.1. The minimum Gasteiger partial charge on any atom is -0.489 e. The van der Waals surface area contributed by atoms with Gasteiger partial charge in [0.15, 0.2) is 0 Å². The summed E-state index contributed by atoms with van der Waals surface area (Å²) in [6.45, 7) is 6.97. The topological polar surface area (TPSA) is 41.6 Å². The summed E-state index contributed by atoms with van der Waals surface area (Å²) in [4.78, 5) is 14.7. The summed E-state index contributed by atoms with van der Waals surface area (Å²) in [6.07, 6.45) is 11.1. The largest absolute Gasteiger partial charge is 0.489 e. The molecule has 2 aromatic carbocycles. The lowest BCUT2D eigenvalue weighted by molar-refractivity contribution is -0.118. The number of ether oxygens (including phenoxy) is 1. The van der Waals surface area contributed by atoms with Crippen molar-refractivity contribution < 1.29 is 9.53 Å². The summed E-state index contributed by atoms with van der Waals surface area (Å²) in [5.74, 6) is 7.51. The van der Waals surface area contributed by atoms with Crippen molar-refractivity contribution in [3.05, 3.63) is 87.7 Å². The molecule has 0 radical (unpaired) electrons. The van der Waals surface area contributed by atoms with Gasteiger partial charge in [-0.15, -0.1) is 0 Å². The molecule has 1 aliphatic heterocycles. The van der Waals surface area contributed by atoms with Gasteiger partial charge >= 0.3 is 0 Å². The van der Waals surface area contributed by atoms with E-state index in [-0.39, 0.29) is 17.9 Å². The number of hydrogen-bond donors (Lipinski definition) is 1. The van der Waals surface area contributed by atoms with Gasteiger partial charge in [0.2, 0.25) is 5.91 Å². The number of likely N-dealkylation sites (tertiary alicyclic amines) is 1. The van der Waals surface area contributed by atoms with E-state index >= 15 is 0 Å². The van der Waals surface area contributed by atoms with E-state index < -0.39 is 0 Å². The molecule has 5 heteroatoms. The average molecular weight is 543 g/mol. The Balaban J connectivity index is 1.20. The van der Waals surface area contributed by atoms with E-state index in [0.29, 0.717) is 17.4 Å². The molecular weight excluding hydrogens is 504 g/mol. The fourth-order valence-corrected chi connectivity index (χ4v) is 5.91. The van der Waals surface area contributed by atoms with Crippen molar-refractivity contribution in [1.82, 2.24) is 4.90 Å². The van der Waals surface area contributed by atoms with Gasteiger partial charge in [-0.2, -0.15) is 0 Å². The molecule has 3 aliphatic rings. The Hall–Kier alpha value is -3.00. The number of allylic oxidation sites excluding steroid dienone is 4. The highest BCUT2D eigenvalue weighted by atomic mass is 35.5. The third-order valence-corrected chi connectivity index (χ3v) is 8.34. The number of aryl methyl sites for hydroxylation is 2. The van der Waals surface area contributed by atoms with Gasteiger partial charge in [0, 0.05) is 24.6 Å². The highest BCUT2D eigenvalue weighted by Gasteiger charge is 2.24. The number of hydrogen-bond acceptors (Lipinski definition) is 3. The van der Waals surface area contributed by atoms with E-state index in [0.717, 1.165) is 56.8 Å². The molecule has 1 heterocycles. The predicted molar refractivity (Wildman–Crippen MR) is 160 cm³/mol. The van der Waals surface area contributed by atoms with Crippen molar-refractivity contribution in [2.75, 3.05) is 25.0 Å². The second-order valence-corrected chi connectivity index (χ2v) is 11.7. The first kappa shape index (κ1) is 27.6. The predicted octanol–water partition coefficient (Wildman–Crippen LogP) is 7.51. The zero-order chi connectivity index (χ0) is 27.2. The minimum atomic E-state index is -0.0254. The normalized spacial score (nSPS) is 18.4. The molecule has 1 saturated heterocycles. The summed E-state index contributed by atoms with van der Waals surface area (Å²) in [7, 11) is 0. The number of nitrogens with one attached hydrogen (secondary N) is 1. The molecule has 39 heavy (non-hydrogen) atoms. The molecule has 1 N–H and O–H groups in total. The highest BCUT2D eigenvalue weighted by Crippen LogP contribution is 2.33. The molecule has 5 rings (SSSR count). The zero-order valence-electron chi connectivity index (χ0n) is 23.1. The van der Waals surface area contributed by atoms with Gasteiger partial charge < -0.3 is 15.0 Å². The first-order valence-corrected chi connectivity index (χ1v) is 14.8. The number of anilines is 1. The van der Waals surface area contributed by atoms with Crippen molar-refractivity contribution in [1.29, 1.82) is 0 Å². The second-order valence-electron chi connectivity index (χ2n) is 11.3. The maximum absolute atomic E-state index is 12.1. The summed E-state index contributed by atoms with van der Waals surface area (Å²) in [5.41, 5.74) is 6.45. The van der Waals surface area contributed by atoms with Gasteiger partial charge in [-0.1, -0.05) is 67.6 Å². The SMILES string of the molecule is CC(C)C(=O)Nc1cccc(C2CCN(CCC(OC3=CC=C(Cl)C#CC3)c3ccc4c(c3)CCC4)CC2)c1. The van der Waals surface area contributed by atoms with E-state index in [2.05, 4.69) is 58.5 Å². The molecule has 0 saturated carbocycles. The Bertz CT molecular complexity index is 1310. The smallest absolute Gasteiger partial charge is 0.226 e. The molecule has 2 aliphatic carbocycles. The number of rotatable bonds is 9. The van der Waals surface area contributed by atoms with Crippen LogP contribution in [0.15, 0.2) is 65.4 Å². The van der Waals surface area contributed by atoms with E-state index in [1.807, 2.05) is 32.1 Å². The van der Waals surface area contributed by atoms with Crippen LogP contribution in [0.25, 0.3) is 0 Å². The average Bonchev–Trinajstić information content (AvgIpc) is 3.32. The molecule has 1 unspecified atom stereocenters. The van der Waals surface area contributed by atoms with E-state index in [1.165, 1.54) is 35.1 Å². The van der Waals surface area contributed by atoms with Gasteiger partial charge in [0.1, 0.15) is 11.9 Å². The van der Waals surface area contributed by atoms with Gasteiger partial charge in [-0.25, -0.2) is 0 Å². The van der Waals surface area contributed by atoms with Crippen molar-refractivity contribution in [3.8, 4) is 11.8 Å². The van der Waals surface area contributed by atoms with Crippen LogP contribution in [0.1, 0.15) is 80.2 Å². The van der Waals surface area contributed by atoms with Crippen LogP contribution in [0.5, 0.6) is 0 Å². The first-order chi connectivity index (χ1) is 18.9. The minimum absolute atomic E-state index is 0.00630. The molecular formula is C34H39ClN2O2. The number of benzene rings is 2. The standard InChI is InChI=1S/C34H39ClN2O2/c1-24(2)34(38)36-31-10-4-8-28(23-31)26-16-19-37(20-17-26)21-18-33(39-32-11-5-9-30(35)14-15-32)29-13-12-25-6-3-7-27(25)22-29/h4,8,10,12-15,22-24,26,33H,3,6-7,11,16-21H2,1-2H3,(H,36,38). The molecule has 0 aromatic heterocycles. The Kier molecular flexibility index (Phi) is 9.12. The maximum Gasteiger partial charge on any atom is 0.226 e. The molecule has 204 valence electrons. The number of fused-ring (bicyclic) bond motifs is 1. The van der Waals surface area contributed by atoms with Gasteiger partial charge in [0.05, 0.1) is 11.5 Å². The first-order valence-electron chi connectivity index (χ1n) is 14.4. The molecule has 1 amide bonds. The molecule has 4 nitrogen and oxygen atoms in total. The van der Waals surface area contributed by atoms with Crippen LogP contribution in [-0.2, 0) is 22.4 Å². The molecule has 1 atom stereocenters. The Morgan fingerprint density at radius 2 is 1.92 bits per heavy atom. The fraction of sp³-hybridized carbons (Fsp3) is 0.441. The number of carbonyl (C=O) groups excluding carboxylic acids is 1. The lowest BCUT2D eigenvalue weighted by Gasteiger charge is -2.33. The van der Waals surface area contributed by atoms with Crippen LogP contribution in [0.4, 0.5) is 5.69 Å². The Morgan fingerprint density at radius 1 is 1.10 bits per heavy atom. The molecule has 0 spiro atoms. The van der Waals surface area contributed by atoms with Crippen molar-refractivity contribution in [3.63, 3.8) is 0 Å². The monoisotopic (exact) mass is 542 g/mol. The number of halogens is 1. The number of amides is 1. The third kappa shape index (κ3) is 7.35. The Labute approximate surface area is 238 Å². The second kappa shape index (κ2) is 12.9. The van der Waals surface area contributed by atoms with E-state index in [1.54, 1.807) is 0 Å². The number of nitrogens with zero attached hydrogens (tertiary/aromatic N) is 1. The summed E-state index contributed by atoms with van der Waals surface area (Å²) in [6, 6.07) is 15.3. The summed E-state index contributed by atoms with van der Waals surface area (Å²) < 4.78 is 6.60. The molecule has 0 bridgehead atoms. The van der Waals surface area contributed by atoms with Crippen LogP contribution in [0.3, 0.4) is 0 Å². The van der Waals surface area contributed by atoms with Crippen LogP contribution < -0.4 is 5.32 Å². The van der Waals surface area contributed by atoms with E-state index in [9.17, 15) is 4.79 Å². The lowest BCUT2D eigenvalue weighted by Crippen LogP contribution is -2.34. The van der Waals surface area contributed by atoms with Gasteiger partial charge in [-0.05, 0) is 97.7 Å². The number of carbonyl (C=O) groups is 1. The molecule has 1 fully saturated rings. The van der Waals surface area contributed by atoms with E-state index in [4.69, 9.17) is 16.3 Å². The number of piperidine rings is 1. The highest BCUT2D eigenvalue weighted by molar-refractivity contribution is 6.32. The van der Waals surface area contributed by atoms with Crippen LogP contribution in [0, 0.1) is 17.8 Å². The third-order valence-electron chi connectivity index (χ3n) is 8.12. The van der Waals surface area contributed by atoms with Crippen molar-refractivity contribution in [2.45, 2.75) is 70.8 Å². The quantitative estimate of drug-likeness (QED) is 0.333. The zero-order valence-corrected chi connectivity index (χ0v) is 23.9. The van der Waals surface area contributed by atoms with Gasteiger partial charge in [0.25, 0.3) is 0 Å². The molecule has 2 aromatic rings. The lowest BCUT2D eigenvalue weighted by atomic mass is 9.89. The Morgan fingerprint density at radius 3 is 2.74 bits per heavy atom. The summed E-state index contributed by atoms with van der Waals surface area (Å²) in [5, 5.41) is 3.60.